The minimum Gasteiger partial charge on any atom is -0.380 e. The lowest BCUT2D eigenvalue weighted by Crippen LogP contribution is -2.14. The van der Waals surface area contributed by atoms with E-state index in [1.54, 1.807) is 12.1 Å². The summed E-state index contributed by atoms with van der Waals surface area (Å²) < 4.78 is 0. The van der Waals surface area contributed by atoms with Gasteiger partial charge in [0.15, 0.2) is 5.78 Å². The molecule has 1 N–H and O–H groups in total. The molecular weight excluding hydrogens is 224 g/mol. The smallest absolute Gasteiger partial charge is 0.196 e. The van der Waals surface area contributed by atoms with Crippen LogP contribution >= 0.6 is 0 Å². The molecule has 0 saturated heterocycles. The van der Waals surface area contributed by atoms with Gasteiger partial charge in [0, 0.05) is 5.56 Å². The van der Waals surface area contributed by atoms with Crippen LogP contribution in [0, 0.1) is 13.8 Å². The molecule has 1 unspecified atom stereocenters. The number of aryl methyl sites for hydroxylation is 2. The van der Waals surface area contributed by atoms with Crippen LogP contribution in [0.1, 0.15) is 33.2 Å². The molecule has 0 amide bonds. The highest BCUT2D eigenvalue weighted by Gasteiger charge is 2.21. The molecule has 0 saturated carbocycles. The van der Waals surface area contributed by atoms with E-state index in [2.05, 4.69) is 0 Å². The predicted octanol–water partition coefficient (Wildman–Crippen LogP) is 3.22. The van der Waals surface area contributed by atoms with Gasteiger partial charge in [-0.3, -0.25) is 4.79 Å². The molecule has 1 atom stereocenters. The molecule has 0 aliphatic heterocycles. The summed E-state index contributed by atoms with van der Waals surface area (Å²) in [5.74, 6) is -0.239. The Hall–Kier alpha value is -1.93. The van der Waals surface area contributed by atoms with Gasteiger partial charge in [0.2, 0.25) is 0 Å². The quantitative estimate of drug-likeness (QED) is 0.836. The number of carbonyl (C=O) groups is 1. The number of aliphatic hydroxyl groups is 1. The summed E-state index contributed by atoms with van der Waals surface area (Å²) in [6, 6.07) is 14.7. The molecule has 18 heavy (non-hydrogen) atoms. The Morgan fingerprint density at radius 1 is 0.944 bits per heavy atom. The van der Waals surface area contributed by atoms with Crippen LogP contribution in [0.2, 0.25) is 0 Å². The van der Waals surface area contributed by atoms with Crippen molar-refractivity contribution in [3.63, 3.8) is 0 Å². The van der Waals surface area contributed by atoms with Gasteiger partial charge in [0.05, 0.1) is 0 Å². The Morgan fingerprint density at radius 2 is 1.50 bits per heavy atom. The molecule has 0 bridgehead atoms. The van der Waals surface area contributed by atoms with E-state index in [0.29, 0.717) is 11.1 Å². The highest BCUT2D eigenvalue weighted by molar-refractivity contribution is 6.02. The van der Waals surface area contributed by atoms with Gasteiger partial charge in [0.25, 0.3) is 0 Å². The zero-order chi connectivity index (χ0) is 13.1. The van der Waals surface area contributed by atoms with Crippen LogP contribution in [0.4, 0.5) is 0 Å². The fourth-order valence-electron chi connectivity index (χ4n) is 2.13. The van der Waals surface area contributed by atoms with Crippen LogP contribution < -0.4 is 0 Å². The minimum atomic E-state index is -1.09. The lowest BCUT2D eigenvalue weighted by Gasteiger charge is -2.13. The van der Waals surface area contributed by atoms with Crippen molar-refractivity contribution in [2.45, 2.75) is 20.0 Å². The lowest BCUT2D eigenvalue weighted by molar-refractivity contribution is 0.0746. The van der Waals surface area contributed by atoms with Crippen LogP contribution in [0.15, 0.2) is 48.5 Å². The number of hydrogen-bond acceptors (Lipinski definition) is 2. The first-order chi connectivity index (χ1) is 8.61. The van der Waals surface area contributed by atoms with E-state index in [1.165, 1.54) is 0 Å². The highest BCUT2D eigenvalue weighted by Crippen LogP contribution is 2.22. The van der Waals surface area contributed by atoms with E-state index >= 15 is 0 Å². The molecule has 0 heterocycles. The Morgan fingerprint density at radius 3 is 2.06 bits per heavy atom. The Balaban J connectivity index is 2.38. The number of rotatable bonds is 3. The summed E-state index contributed by atoms with van der Waals surface area (Å²) in [6.45, 7) is 3.77. The first-order valence-electron chi connectivity index (χ1n) is 5.94. The van der Waals surface area contributed by atoms with Gasteiger partial charge in [-0.1, -0.05) is 48.5 Å². The van der Waals surface area contributed by atoms with Gasteiger partial charge >= 0.3 is 0 Å². The average Bonchev–Trinajstić information content (AvgIpc) is 2.38. The fraction of sp³-hybridized carbons (Fsp3) is 0.188. The van der Waals surface area contributed by atoms with Gasteiger partial charge < -0.3 is 5.11 Å². The van der Waals surface area contributed by atoms with E-state index in [1.807, 2.05) is 50.2 Å². The Bertz CT molecular complexity index is 538. The number of Topliss-reactive ketones (excluding diaryl/α,β-unsaturated/α-hetero) is 1. The van der Waals surface area contributed by atoms with Crippen molar-refractivity contribution < 1.29 is 9.90 Å². The minimum absolute atomic E-state index is 0.239. The van der Waals surface area contributed by atoms with Crippen LogP contribution in [0.25, 0.3) is 0 Å². The third kappa shape index (κ3) is 2.34. The van der Waals surface area contributed by atoms with Crippen molar-refractivity contribution in [2.75, 3.05) is 0 Å². The molecule has 92 valence electrons. The standard InChI is InChI=1S/C16H16O2/c1-11-7-6-8-12(2)14(11)16(18)15(17)13-9-4-3-5-10-13/h3-10,15,17H,1-2H3. The van der Waals surface area contributed by atoms with Crippen molar-refractivity contribution >= 4 is 5.78 Å². The molecule has 2 nitrogen and oxygen atoms in total. The van der Waals surface area contributed by atoms with Crippen molar-refractivity contribution in [2.24, 2.45) is 0 Å². The second kappa shape index (κ2) is 5.15. The molecular formula is C16H16O2. The number of hydrogen-bond donors (Lipinski definition) is 1. The summed E-state index contributed by atoms with van der Waals surface area (Å²) in [7, 11) is 0. The first kappa shape index (κ1) is 12.5. The van der Waals surface area contributed by atoms with E-state index in [0.717, 1.165) is 11.1 Å². The lowest BCUT2D eigenvalue weighted by atomic mass is 9.93. The van der Waals surface area contributed by atoms with E-state index in [-0.39, 0.29) is 5.78 Å². The number of carbonyl (C=O) groups excluding carboxylic acids is 1. The molecule has 2 heteroatoms. The third-order valence-electron chi connectivity index (χ3n) is 3.09. The summed E-state index contributed by atoms with van der Waals surface area (Å²) in [4.78, 5) is 12.3. The van der Waals surface area contributed by atoms with Gasteiger partial charge in [-0.25, -0.2) is 0 Å². The highest BCUT2D eigenvalue weighted by atomic mass is 16.3. The average molecular weight is 240 g/mol. The molecule has 2 aromatic rings. The van der Waals surface area contributed by atoms with Gasteiger partial charge in [-0.15, -0.1) is 0 Å². The number of ketones is 1. The molecule has 0 radical (unpaired) electrons. The van der Waals surface area contributed by atoms with E-state index in [9.17, 15) is 9.90 Å². The molecule has 0 fully saturated rings. The van der Waals surface area contributed by atoms with Crippen LogP contribution in [0.5, 0.6) is 0 Å². The second-order valence-electron chi connectivity index (χ2n) is 4.44. The number of aliphatic hydroxyl groups excluding tert-OH is 1. The van der Waals surface area contributed by atoms with Gasteiger partial charge in [-0.05, 0) is 30.5 Å². The molecule has 0 spiro atoms. The summed E-state index contributed by atoms with van der Waals surface area (Å²) in [5.41, 5.74) is 3.05. The molecule has 0 aliphatic carbocycles. The monoisotopic (exact) mass is 240 g/mol. The van der Waals surface area contributed by atoms with Crippen molar-refractivity contribution in [1.82, 2.24) is 0 Å². The Kier molecular flexibility index (Phi) is 3.58. The van der Waals surface area contributed by atoms with Crippen LogP contribution in [0.3, 0.4) is 0 Å². The largest absolute Gasteiger partial charge is 0.380 e. The second-order valence-corrected chi connectivity index (χ2v) is 4.44. The van der Waals surface area contributed by atoms with Crippen LogP contribution in [-0.4, -0.2) is 10.9 Å². The first-order valence-corrected chi connectivity index (χ1v) is 5.94. The normalized spacial score (nSPS) is 12.2. The molecule has 2 rings (SSSR count). The van der Waals surface area contributed by atoms with Gasteiger partial charge in [-0.2, -0.15) is 0 Å². The van der Waals surface area contributed by atoms with Crippen LogP contribution in [-0.2, 0) is 0 Å². The molecule has 2 aromatic carbocycles. The van der Waals surface area contributed by atoms with Crippen molar-refractivity contribution in [1.29, 1.82) is 0 Å². The topological polar surface area (TPSA) is 37.3 Å². The fourth-order valence-corrected chi connectivity index (χ4v) is 2.13. The SMILES string of the molecule is Cc1cccc(C)c1C(=O)C(O)c1ccccc1. The zero-order valence-corrected chi connectivity index (χ0v) is 10.6. The van der Waals surface area contributed by atoms with Gasteiger partial charge in [0.1, 0.15) is 6.10 Å². The Labute approximate surface area is 107 Å². The molecule has 0 aliphatic rings. The number of benzene rings is 2. The third-order valence-corrected chi connectivity index (χ3v) is 3.09. The maximum absolute atomic E-state index is 12.3. The maximum Gasteiger partial charge on any atom is 0.196 e. The summed E-state index contributed by atoms with van der Waals surface area (Å²) >= 11 is 0. The van der Waals surface area contributed by atoms with Crippen molar-refractivity contribution in [3.05, 3.63) is 70.8 Å². The predicted molar refractivity (Wildman–Crippen MR) is 71.6 cm³/mol. The maximum atomic E-state index is 12.3. The zero-order valence-electron chi connectivity index (χ0n) is 10.6. The summed E-state index contributed by atoms with van der Waals surface area (Å²) in [6.07, 6.45) is -1.09. The van der Waals surface area contributed by atoms with E-state index < -0.39 is 6.10 Å². The van der Waals surface area contributed by atoms with E-state index in [4.69, 9.17) is 0 Å². The van der Waals surface area contributed by atoms with Crippen molar-refractivity contribution in [3.8, 4) is 0 Å². The summed E-state index contributed by atoms with van der Waals surface area (Å²) in [5, 5.41) is 10.1. The molecule has 0 aromatic heterocycles.